The van der Waals surface area contributed by atoms with E-state index in [1.54, 1.807) is 11.6 Å². The molecule has 9 heteroatoms. The Morgan fingerprint density at radius 3 is 2.64 bits per heavy atom. The van der Waals surface area contributed by atoms with Crippen molar-refractivity contribution >= 4 is 17.1 Å². The number of aromatic amines is 1. The predicted molar refractivity (Wildman–Crippen MR) is 127 cm³/mol. The number of hydrogen-bond donors (Lipinski definition) is 3. The molecule has 3 N–H and O–H groups in total. The van der Waals surface area contributed by atoms with Gasteiger partial charge in [-0.2, -0.15) is 4.98 Å². The molecule has 0 spiro atoms. The van der Waals surface area contributed by atoms with Crippen LogP contribution in [-0.2, 0) is 26.6 Å². The number of aliphatic hydroxyl groups excluding tert-OH is 1. The summed E-state index contributed by atoms with van der Waals surface area (Å²) in [6, 6.07) is 17.4. The summed E-state index contributed by atoms with van der Waals surface area (Å²) in [5, 5.41) is 13.9. The van der Waals surface area contributed by atoms with Gasteiger partial charge in [0.2, 0.25) is 5.95 Å². The number of anilines is 1. The van der Waals surface area contributed by atoms with Gasteiger partial charge in [-0.3, -0.25) is 14.3 Å². The van der Waals surface area contributed by atoms with Crippen LogP contribution in [0.5, 0.6) is 5.75 Å². The number of rotatable bonds is 9. The SMILES string of the molecule is CCc1cccc(OC[C@@H](O)Cn2c(NCc3ccccc3)nc3c2c(=O)[nH]c(=O)n3C)c1. The van der Waals surface area contributed by atoms with E-state index in [-0.39, 0.29) is 24.3 Å². The highest BCUT2D eigenvalue weighted by atomic mass is 16.5. The number of nitrogens with one attached hydrogen (secondary N) is 2. The Morgan fingerprint density at radius 2 is 1.88 bits per heavy atom. The van der Waals surface area contributed by atoms with E-state index >= 15 is 0 Å². The van der Waals surface area contributed by atoms with E-state index in [2.05, 4.69) is 22.2 Å². The van der Waals surface area contributed by atoms with Crippen LogP contribution in [0.2, 0.25) is 0 Å². The number of ether oxygens (including phenoxy) is 1. The summed E-state index contributed by atoms with van der Waals surface area (Å²) in [5.41, 5.74) is 1.51. The summed E-state index contributed by atoms with van der Waals surface area (Å²) in [5.74, 6) is 1.05. The van der Waals surface area contributed by atoms with Gasteiger partial charge in [-0.05, 0) is 29.7 Å². The van der Waals surface area contributed by atoms with E-state index in [4.69, 9.17) is 4.74 Å². The molecular weight excluding hydrogens is 422 g/mol. The van der Waals surface area contributed by atoms with Crippen LogP contribution in [0.3, 0.4) is 0 Å². The molecule has 0 saturated carbocycles. The zero-order valence-corrected chi connectivity index (χ0v) is 18.6. The molecule has 0 amide bonds. The molecular formula is C24H27N5O4. The van der Waals surface area contributed by atoms with Crippen molar-refractivity contribution in [1.82, 2.24) is 19.1 Å². The van der Waals surface area contributed by atoms with Gasteiger partial charge >= 0.3 is 5.69 Å². The second-order valence-corrected chi connectivity index (χ2v) is 7.84. The number of benzene rings is 2. The Balaban J connectivity index is 1.60. The minimum Gasteiger partial charge on any atom is -0.491 e. The zero-order valence-electron chi connectivity index (χ0n) is 18.6. The van der Waals surface area contributed by atoms with Gasteiger partial charge in [0.15, 0.2) is 11.2 Å². The standard InChI is InChI=1S/C24H27N5O4/c1-3-16-10-7-11-19(12-16)33-15-18(30)14-29-20-21(28(2)24(32)27-22(20)31)26-23(29)25-13-17-8-5-4-6-9-17/h4-12,18,30H,3,13-15H2,1-2H3,(H,25,26)(H,27,31,32)/t18-/m0/s1. The highest BCUT2D eigenvalue weighted by Gasteiger charge is 2.20. The molecule has 2 aromatic carbocycles. The molecule has 1 atom stereocenters. The molecule has 9 nitrogen and oxygen atoms in total. The minimum atomic E-state index is -0.915. The molecule has 0 saturated heterocycles. The monoisotopic (exact) mass is 449 g/mol. The van der Waals surface area contributed by atoms with Gasteiger partial charge in [-0.25, -0.2) is 4.79 Å². The molecule has 2 aromatic heterocycles. The van der Waals surface area contributed by atoms with Gasteiger partial charge in [0.05, 0.1) is 6.54 Å². The van der Waals surface area contributed by atoms with Gasteiger partial charge in [-0.1, -0.05) is 49.4 Å². The van der Waals surface area contributed by atoms with Crippen molar-refractivity contribution < 1.29 is 9.84 Å². The van der Waals surface area contributed by atoms with Gasteiger partial charge in [0.1, 0.15) is 18.5 Å². The van der Waals surface area contributed by atoms with Crippen LogP contribution < -0.4 is 21.3 Å². The summed E-state index contributed by atoms with van der Waals surface area (Å²) >= 11 is 0. The fraction of sp³-hybridized carbons (Fsp3) is 0.292. The number of nitrogens with zero attached hydrogens (tertiary/aromatic N) is 3. The first-order chi connectivity index (χ1) is 16.0. The lowest BCUT2D eigenvalue weighted by Crippen LogP contribution is -2.31. The second kappa shape index (κ2) is 9.74. The molecule has 2 heterocycles. The highest BCUT2D eigenvalue weighted by molar-refractivity contribution is 5.74. The maximum absolute atomic E-state index is 12.6. The zero-order chi connectivity index (χ0) is 23.4. The van der Waals surface area contributed by atoms with Gasteiger partial charge in [-0.15, -0.1) is 0 Å². The van der Waals surface area contributed by atoms with Crippen molar-refractivity contribution in [2.75, 3.05) is 11.9 Å². The van der Waals surface area contributed by atoms with Crippen LogP contribution in [0.1, 0.15) is 18.1 Å². The minimum absolute atomic E-state index is 0.0363. The summed E-state index contributed by atoms with van der Waals surface area (Å²) in [7, 11) is 1.54. The molecule has 0 fully saturated rings. The summed E-state index contributed by atoms with van der Waals surface area (Å²) < 4.78 is 8.64. The van der Waals surface area contributed by atoms with Crippen molar-refractivity contribution in [3.05, 3.63) is 86.6 Å². The number of hydrogen-bond acceptors (Lipinski definition) is 6. The maximum atomic E-state index is 12.6. The van der Waals surface area contributed by atoms with Crippen LogP contribution >= 0.6 is 0 Å². The third-order valence-corrected chi connectivity index (χ3v) is 5.44. The second-order valence-electron chi connectivity index (χ2n) is 7.84. The lowest BCUT2D eigenvalue weighted by Gasteiger charge is -2.16. The predicted octanol–water partition coefficient (Wildman–Crippen LogP) is 2.04. The first kappa shape index (κ1) is 22.3. The molecule has 33 heavy (non-hydrogen) atoms. The first-order valence-corrected chi connectivity index (χ1v) is 10.8. The molecule has 0 aliphatic carbocycles. The number of aryl methyl sites for hydroxylation is 2. The Morgan fingerprint density at radius 1 is 1.12 bits per heavy atom. The summed E-state index contributed by atoms with van der Waals surface area (Å²) in [6.45, 7) is 2.62. The Kier molecular flexibility index (Phi) is 6.60. The van der Waals surface area contributed by atoms with Crippen LogP contribution in [-0.4, -0.2) is 36.9 Å². The Labute approximate surface area is 190 Å². The number of aromatic nitrogens is 4. The third kappa shape index (κ3) is 4.98. The van der Waals surface area contributed by atoms with E-state index in [1.807, 2.05) is 54.6 Å². The molecule has 0 unspecified atom stereocenters. The lowest BCUT2D eigenvalue weighted by molar-refractivity contribution is 0.0938. The van der Waals surface area contributed by atoms with Crippen LogP contribution in [0.15, 0.2) is 64.2 Å². The van der Waals surface area contributed by atoms with E-state index in [1.165, 1.54) is 4.57 Å². The Hall–Kier alpha value is -3.85. The van der Waals surface area contributed by atoms with Crippen molar-refractivity contribution in [3.8, 4) is 5.75 Å². The smallest absolute Gasteiger partial charge is 0.329 e. The van der Waals surface area contributed by atoms with Gasteiger partial charge in [0, 0.05) is 13.6 Å². The topological polar surface area (TPSA) is 114 Å². The van der Waals surface area contributed by atoms with Crippen LogP contribution in [0.25, 0.3) is 11.2 Å². The summed E-state index contributed by atoms with van der Waals surface area (Å²) in [6.07, 6.45) is -0.0276. The number of H-pyrrole nitrogens is 1. The fourth-order valence-corrected chi connectivity index (χ4v) is 3.64. The Bertz CT molecular complexity index is 1360. The maximum Gasteiger partial charge on any atom is 0.329 e. The lowest BCUT2D eigenvalue weighted by atomic mass is 10.2. The molecule has 0 aliphatic rings. The third-order valence-electron chi connectivity index (χ3n) is 5.44. The number of aliphatic hydroxyl groups is 1. The van der Waals surface area contributed by atoms with Gasteiger partial charge in [0.25, 0.3) is 5.56 Å². The molecule has 0 aliphatic heterocycles. The highest BCUT2D eigenvalue weighted by Crippen LogP contribution is 2.18. The van der Waals surface area contributed by atoms with Crippen LogP contribution in [0, 0.1) is 0 Å². The normalized spacial score (nSPS) is 12.1. The first-order valence-electron chi connectivity index (χ1n) is 10.8. The van der Waals surface area contributed by atoms with Crippen molar-refractivity contribution in [2.24, 2.45) is 7.05 Å². The van der Waals surface area contributed by atoms with Crippen molar-refractivity contribution in [3.63, 3.8) is 0 Å². The average Bonchev–Trinajstić information content (AvgIpc) is 3.19. The molecule has 0 radical (unpaired) electrons. The number of fused-ring (bicyclic) bond motifs is 1. The summed E-state index contributed by atoms with van der Waals surface area (Å²) in [4.78, 5) is 31.5. The quantitative estimate of drug-likeness (QED) is 0.360. The van der Waals surface area contributed by atoms with Crippen molar-refractivity contribution in [1.29, 1.82) is 0 Å². The molecule has 172 valence electrons. The molecule has 4 rings (SSSR count). The van der Waals surface area contributed by atoms with E-state index in [0.29, 0.717) is 18.2 Å². The average molecular weight is 450 g/mol. The van der Waals surface area contributed by atoms with E-state index in [0.717, 1.165) is 17.5 Å². The molecule has 4 aromatic rings. The van der Waals surface area contributed by atoms with E-state index in [9.17, 15) is 14.7 Å². The number of imidazole rings is 1. The fourth-order valence-electron chi connectivity index (χ4n) is 3.64. The van der Waals surface area contributed by atoms with Crippen molar-refractivity contribution in [2.45, 2.75) is 32.5 Å². The molecule has 0 bridgehead atoms. The van der Waals surface area contributed by atoms with Gasteiger partial charge < -0.3 is 19.7 Å². The van der Waals surface area contributed by atoms with E-state index < -0.39 is 17.4 Å². The van der Waals surface area contributed by atoms with Crippen LogP contribution in [0.4, 0.5) is 5.95 Å². The largest absolute Gasteiger partial charge is 0.491 e.